The molecule has 0 aliphatic carbocycles. The zero-order chi connectivity index (χ0) is 21.3. The summed E-state index contributed by atoms with van der Waals surface area (Å²) in [6, 6.07) is 14.8. The molecule has 1 N–H and O–H groups in total. The van der Waals surface area contributed by atoms with Crippen LogP contribution in [-0.4, -0.2) is 44.2 Å². The van der Waals surface area contributed by atoms with Crippen molar-refractivity contribution in [3.8, 4) is 11.5 Å². The highest BCUT2D eigenvalue weighted by Gasteiger charge is 2.23. The molecule has 0 bridgehead atoms. The summed E-state index contributed by atoms with van der Waals surface area (Å²) in [6.07, 6.45) is 5.38. The lowest BCUT2D eigenvalue weighted by atomic mass is 10.1. The quantitative estimate of drug-likeness (QED) is 0.621. The fourth-order valence-electron chi connectivity index (χ4n) is 3.60. The highest BCUT2D eigenvalue weighted by Crippen LogP contribution is 2.30. The molecular weight excluding hydrogens is 390 g/mol. The minimum absolute atomic E-state index is 0.0505. The van der Waals surface area contributed by atoms with E-state index in [4.69, 9.17) is 4.74 Å². The van der Waals surface area contributed by atoms with Crippen molar-refractivity contribution in [3.63, 3.8) is 0 Å². The number of carbonyl (C=O) groups is 1. The fraction of sp³-hybridized carbons (Fsp3) is 0.348. The molecule has 0 saturated carbocycles. The lowest BCUT2D eigenvalue weighted by Crippen LogP contribution is -2.36. The van der Waals surface area contributed by atoms with Crippen molar-refractivity contribution >= 4 is 12.0 Å². The SMILES string of the molecule is COc1cc(/C=C/C(=O)NCC(c2ccccc2)N2CCCC2)ccc1OC(F)F. The van der Waals surface area contributed by atoms with Crippen LogP contribution in [-0.2, 0) is 4.79 Å². The van der Waals surface area contributed by atoms with Gasteiger partial charge in [-0.2, -0.15) is 8.78 Å². The summed E-state index contributed by atoms with van der Waals surface area (Å²) in [5.41, 5.74) is 1.82. The van der Waals surface area contributed by atoms with Gasteiger partial charge >= 0.3 is 6.61 Å². The van der Waals surface area contributed by atoms with E-state index >= 15 is 0 Å². The van der Waals surface area contributed by atoms with E-state index in [0.717, 1.165) is 13.1 Å². The van der Waals surface area contributed by atoms with E-state index < -0.39 is 6.61 Å². The molecule has 1 aliphatic rings. The van der Waals surface area contributed by atoms with Gasteiger partial charge in [0.05, 0.1) is 13.2 Å². The molecule has 1 heterocycles. The zero-order valence-electron chi connectivity index (χ0n) is 16.9. The van der Waals surface area contributed by atoms with Crippen LogP contribution in [0.5, 0.6) is 11.5 Å². The molecular formula is C23H26F2N2O3. The predicted octanol–water partition coefficient (Wildman–Crippen LogP) is 4.26. The Morgan fingerprint density at radius 3 is 2.53 bits per heavy atom. The summed E-state index contributed by atoms with van der Waals surface area (Å²) in [5, 5.41) is 2.97. The molecule has 160 valence electrons. The number of carbonyl (C=O) groups excluding carboxylic acids is 1. The summed E-state index contributed by atoms with van der Waals surface area (Å²) in [5.74, 6) is -0.0940. The van der Waals surface area contributed by atoms with Gasteiger partial charge in [-0.05, 0) is 55.3 Å². The molecule has 30 heavy (non-hydrogen) atoms. The van der Waals surface area contributed by atoms with Crippen LogP contribution < -0.4 is 14.8 Å². The molecule has 0 spiro atoms. The zero-order valence-corrected chi connectivity index (χ0v) is 16.9. The van der Waals surface area contributed by atoms with Gasteiger partial charge in [-0.25, -0.2) is 0 Å². The second kappa shape index (κ2) is 10.7. The molecule has 1 amide bonds. The van der Waals surface area contributed by atoms with Crippen LogP contribution >= 0.6 is 0 Å². The van der Waals surface area contributed by atoms with Crippen LogP contribution in [0.4, 0.5) is 8.78 Å². The van der Waals surface area contributed by atoms with Crippen LogP contribution in [0.15, 0.2) is 54.6 Å². The maximum atomic E-state index is 12.4. The van der Waals surface area contributed by atoms with Crippen LogP contribution in [0.2, 0.25) is 0 Å². The largest absolute Gasteiger partial charge is 0.493 e. The van der Waals surface area contributed by atoms with Gasteiger partial charge in [0.2, 0.25) is 5.91 Å². The van der Waals surface area contributed by atoms with E-state index in [9.17, 15) is 13.6 Å². The highest BCUT2D eigenvalue weighted by atomic mass is 19.3. The number of halogens is 2. The fourth-order valence-corrected chi connectivity index (χ4v) is 3.60. The number of nitrogens with one attached hydrogen (secondary N) is 1. The Morgan fingerprint density at radius 1 is 1.13 bits per heavy atom. The monoisotopic (exact) mass is 416 g/mol. The smallest absolute Gasteiger partial charge is 0.387 e. The van der Waals surface area contributed by atoms with Gasteiger partial charge in [0.1, 0.15) is 0 Å². The van der Waals surface area contributed by atoms with Crippen LogP contribution in [0.1, 0.15) is 30.0 Å². The standard InChI is InChI=1S/C23H26F2N2O3/c1-29-21-15-17(9-11-20(21)30-23(24)25)10-12-22(28)26-16-19(27-13-5-6-14-27)18-7-3-2-4-8-18/h2-4,7-12,15,19,23H,5-6,13-14,16H2,1H3,(H,26,28)/b12-10+. The predicted molar refractivity (Wildman–Crippen MR) is 112 cm³/mol. The third-order valence-corrected chi connectivity index (χ3v) is 5.07. The van der Waals surface area contributed by atoms with Crippen LogP contribution in [0.25, 0.3) is 6.08 Å². The molecule has 1 aliphatic heterocycles. The molecule has 1 saturated heterocycles. The lowest BCUT2D eigenvalue weighted by molar-refractivity contribution is -0.116. The van der Waals surface area contributed by atoms with Gasteiger partial charge in [-0.1, -0.05) is 36.4 Å². The highest BCUT2D eigenvalue weighted by molar-refractivity contribution is 5.91. The topological polar surface area (TPSA) is 50.8 Å². The Hall–Kier alpha value is -2.93. The molecule has 1 atom stereocenters. The van der Waals surface area contributed by atoms with Crippen molar-refractivity contribution in [2.45, 2.75) is 25.5 Å². The van der Waals surface area contributed by atoms with Crippen molar-refractivity contribution in [2.75, 3.05) is 26.7 Å². The molecule has 5 nitrogen and oxygen atoms in total. The molecule has 1 unspecified atom stereocenters. The first-order chi connectivity index (χ1) is 14.6. The summed E-state index contributed by atoms with van der Waals surface area (Å²) >= 11 is 0. The molecule has 2 aromatic rings. The summed E-state index contributed by atoms with van der Waals surface area (Å²) in [4.78, 5) is 14.8. The Balaban J connectivity index is 1.62. The van der Waals surface area contributed by atoms with Gasteiger partial charge in [0.25, 0.3) is 0 Å². The Labute approximate surface area is 175 Å². The summed E-state index contributed by atoms with van der Waals surface area (Å²) < 4.78 is 34.3. The number of likely N-dealkylation sites (tertiary alicyclic amines) is 1. The number of methoxy groups -OCH3 is 1. The van der Waals surface area contributed by atoms with Crippen molar-refractivity contribution in [2.24, 2.45) is 0 Å². The van der Waals surface area contributed by atoms with E-state index in [1.165, 1.54) is 37.7 Å². The van der Waals surface area contributed by atoms with Gasteiger partial charge in [0.15, 0.2) is 11.5 Å². The average molecular weight is 416 g/mol. The van der Waals surface area contributed by atoms with E-state index in [2.05, 4.69) is 27.1 Å². The second-order valence-electron chi connectivity index (χ2n) is 7.04. The number of alkyl halides is 2. The van der Waals surface area contributed by atoms with Crippen LogP contribution in [0.3, 0.4) is 0 Å². The third-order valence-electron chi connectivity index (χ3n) is 5.07. The van der Waals surface area contributed by atoms with Gasteiger partial charge in [0, 0.05) is 12.6 Å². The molecule has 0 aromatic heterocycles. The molecule has 0 radical (unpaired) electrons. The van der Waals surface area contributed by atoms with Gasteiger partial charge < -0.3 is 14.8 Å². The lowest BCUT2D eigenvalue weighted by Gasteiger charge is -2.28. The van der Waals surface area contributed by atoms with Crippen molar-refractivity contribution in [1.29, 1.82) is 0 Å². The van der Waals surface area contributed by atoms with Crippen molar-refractivity contribution < 1.29 is 23.0 Å². The van der Waals surface area contributed by atoms with E-state index in [-0.39, 0.29) is 23.4 Å². The first-order valence-corrected chi connectivity index (χ1v) is 9.94. The van der Waals surface area contributed by atoms with E-state index in [1.54, 1.807) is 18.2 Å². The van der Waals surface area contributed by atoms with E-state index in [0.29, 0.717) is 12.1 Å². The van der Waals surface area contributed by atoms with E-state index in [1.807, 2.05) is 18.2 Å². The third kappa shape index (κ3) is 6.03. The first kappa shape index (κ1) is 21.8. The van der Waals surface area contributed by atoms with Crippen molar-refractivity contribution in [1.82, 2.24) is 10.2 Å². The van der Waals surface area contributed by atoms with Crippen LogP contribution in [0, 0.1) is 0 Å². The Kier molecular flexibility index (Phi) is 7.79. The number of benzene rings is 2. The Bertz CT molecular complexity index is 853. The van der Waals surface area contributed by atoms with Gasteiger partial charge in [-0.15, -0.1) is 0 Å². The molecule has 3 rings (SSSR count). The summed E-state index contributed by atoms with van der Waals surface area (Å²) in [6.45, 7) is -0.368. The maximum Gasteiger partial charge on any atom is 0.387 e. The minimum atomic E-state index is -2.93. The Morgan fingerprint density at radius 2 is 1.87 bits per heavy atom. The molecule has 1 fully saturated rings. The van der Waals surface area contributed by atoms with Crippen molar-refractivity contribution in [3.05, 3.63) is 65.7 Å². The summed E-state index contributed by atoms with van der Waals surface area (Å²) in [7, 11) is 1.37. The molecule has 2 aromatic carbocycles. The number of rotatable bonds is 9. The second-order valence-corrected chi connectivity index (χ2v) is 7.04. The molecule has 7 heteroatoms. The number of ether oxygens (including phenoxy) is 2. The number of nitrogens with zero attached hydrogens (tertiary/aromatic N) is 1. The normalized spacial score (nSPS) is 15.5. The minimum Gasteiger partial charge on any atom is -0.493 e. The average Bonchev–Trinajstić information content (AvgIpc) is 3.28. The maximum absolute atomic E-state index is 12.4. The number of hydrogen-bond acceptors (Lipinski definition) is 4. The number of amides is 1. The number of hydrogen-bond donors (Lipinski definition) is 1. The first-order valence-electron chi connectivity index (χ1n) is 9.94. The van der Waals surface area contributed by atoms with Gasteiger partial charge in [-0.3, -0.25) is 9.69 Å².